The molecule has 0 radical (unpaired) electrons. The molecule has 2 heterocycles. The number of ether oxygens (including phenoxy) is 2. The molecule has 0 saturated carbocycles. The van der Waals surface area contributed by atoms with E-state index in [4.69, 9.17) is 14.0 Å². The Morgan fingerprint density at radius 2 is 2.10 bits per heavy atom. The molecule has 29 heavy (non-hydrogen) atoms. The molecule has 158 valence electrons. The summed E-state index contributed by atoms with van der Waals surface area (Å²) >= 11 is 0. The van der Waals surface area contributed by atoms with Gasteiger partial charge in [0.05, 0.1) is 25.5 Å². The first-order valence-electron chi connectivity index (χ1n) is 10.2. The summed E-state index contributed by atoms with van der Waals surface area (Å²) in [5.41, 5.74) is 3.23. The van der Waals surface area contributed by atoms with E-state index in [2.05, 4.69) is 59.8 Å². The van der Waals surface area contributed by atoms with Crippen LogP contribution in [0.5, 0.6) is 5.75 Å². The zero-order chi connectivity index (χ0) is 20.6. The number of hydrogen-bond donors (Lipinski definition) is 2. The van der Waals surface area contributed by atoms with Gasteiger partial charge in [-0.25, -0.2) is 0 Å². The zero-order valence-electron chi connectivity index (χ0n) is 17.8. The Hall–Kier alpha value is -2.54. The normalized spacial score (nSPS) is 17.0. The fraction of sp³-hybridized carbons (Fsp3) is 0.545. The molecule has 2 N–H and O–H groups in total. The van der Waals surface area contributed by atoms with Gasteiger partial charge in [-0.1, -0.05) is 31.1 Å². The molecule has 2 aromatic rings. The van der Waals surface area contributed by atoms with Gasteiger partial charge in [0.15, 0.2) is 11.7 Å². The van der Waals surface area contributed by atoms with Gasteiger partial charge in [-0.2, -0.15) is 0 Å². The maximum Gasteiger partial charge on any atom is 0.191 e. The Labute approximate surface area is 172 Å². The molecule has 1 saturated heterocycles. The number of hydrogen-bond acceptors (Lipinski definition) is 5. The Balaban J connectivity index is 1.54. The van der Waals surface area contributed by atoms with E-state index >= 15 is 0 Å². The molecule has 0 spiro atoms. The maximum absolute atomic E-state index is 6.12. The van der Waals surface area contributed by atoms with Gasteiger partial charge in [0.1, 0.15) is 5.75 Å². The van der Waals surface area contributed by atoms with E-state index in [0.29, 0.717) is 37.5 Å². The highest BCUT2D eigenvalue weighted by molar-refractivity contribution is 5.79. The zero-order valence-corrected chi connectivity index (χ0v) is 17.8. The van der Waals surface area contributed by atoms with E-state index in [1.165, 1.54) is 5.56 Å². The third kappa shape index (κ3) is 6.22. The second-order valence-electron chi connectivity index (χ2n) is 7.80. The Bertz CT molecular complexity index is 810. The first-order chi connectivity index (χ1) is 14.0. The van der Waals surface area contributed by atoms with Gasteiger partial charge < -0.3 is 24.6 Å². The maximum atomic E-state index is 6.12. The van der Waals surface area contributed by atoms with Crippen LogP contribution in [-0.4, -0.2) is 38.0 Å². The average Bonchev–Trinajstić information content (AvgIpc) is 3.39. The van der Waals surface area contributed by atoms with Crippen molar-refractivity contribution in [1.29, 1.82) is 0 Å². The third-order valence-electron chi connectivity index (χ3n) is 4.99. The van der Waals surface area contributed by atoms with Crippen LogP contribution < -0.4 is 15.4 Å². The SMILES string of the molecule is CN=C(NCc1cc(C(C)C)no1)NCc1ccc(C)cc1OCC1CCOC1. The van der Waals surface area contributed by atoms with Gasteiger partial charge in [-0.05, 0) is 30.9 Å². The second-order valence-corrected chi connectivity index (χ2v) is 7.80. The van der Waals surface area contributed by atoms with Gasteiger partial charge in [0.2, 0.25) is 0 Å². The van der Waals surface area contributed by atoms with Crippen molar-refractivity contribution in [2.45, 2.75) is 46.2 Å². The summed E-state index contributed by atoms with van der Waals surface area (Å²) in [4.78, 5) is 4.29. The van der Waals surface area contributed by atoms with Crippen molar-refractivity contribution in [2.24, 2.45) is 10.9 Å². The highest BCUT2D eigenvalue weighted by atomic mass is 16.5. The molecule has 1 aliphatic heterocycles. The number of aliphatic imine (C=N–C) groups is 1. The number of aryl methyl sites for hydroxylation is 1. The number of nitrogens with zero attached hydrogens (tertiary/aromatic N) is 2. The summed E-state index contributed by atoms with van der Waals surface area (Å²) in [6, 6.07) is 8.26. The molecule has 3 rings (SSSR count). The van der Waals surface area contributed by atoms with Crippen LogP contribution in [0.15, 0.2) is 33.8 Å². The van der Waals surface area contributed by atoms with E-state index in [-0.39, 0.29) is 0 Å². The minimum Gasteiger partial charge on any atom is -0.493 e. The highest BCUT2D eigenvalue weighted by Crippen LogP contribution is 2.22. The van der Waals surface area contributed by atoms with Crippen molar-refractivity contribution in [3.63, 3.8) is 0 Å². The predicted molar refractivity (Wildman–Crippen MR) is 113 cm³/mol. The van der Waals surface area contributed by atoms with Crippen LogP contribution in [0, 0.1) is 12.8 Å². The van der Waals surface area contributed by atoms with Gasteiger partial charge in [0.25, 0.3) is 0 Å². The first kappa shape index (κ1) is 21.2. The second kappa shape index (κ2) is 10.3. The summed E-state index contributed by atoms with van der Waals surface area (Å²) in [6.45, 7) is 9.72. The third-order valence-corrected chi connectivity index (χ3v) is 4.99. The van der Waals surface area contributed by atoms with Crippen LogP contribution in [0.25, 0.3) is 0 Å². The standard InChI is InChI=1S/C22H32N4O3/c1-15(2)20-10-19(29-26-20)12-25-22(23-4)24-11-18-6-5-16(3)9-21(18)28-14-17-7-8-27-13-17/h5-6,9-10,15,17H,7-8,11-14H2,1-4H3,(H2,23,24,25). The van der Waals surface area contributed by atoms with Gasteiger partial charge >= 0.3 is 0 Å². The topological polar surface area (TPSA) is 80.9 Å². The molecule has 1 aliphatic rings. The van der Waals surface area contributed by atoms with Crippen LogP contribution in [0.2, 0.25) is 0 Å². The lowest BCUT2D eigenvalue weighted by molar-refractivity contribution is 0.166. The fourth-order valence-corrected chi connectivity index (χ4v) is 3.12. The van der Waals surface area contributed by atoms with Crippen molar-refractivity contribution in [3.8, 4) is 5.75 Å². The molecule has 0 aliphatic carbocycles. The number of benzene rings is 1. The Kier molecular flexibility index (Phi) is 7.52. The summed E-state index contributed by atoms with van der Waals surface area (Å²) < 4.78 is 16.9. The minimum absolute atomic E-state index is 0.348. The van der Waals surface area contributed by atoms with Crippen LogP contribution in [0.4, 0.5) is 0 Å². The van der Waals surface area contributed by atoms with Gasteiger partial charge in [0, 0.05) is 37.7 Å². The van der Waals surface area contributed by atoms with E-state index in [9.17, 15) is 0 Å². The van der Waals surface area contributed by atoms with Gasteiger partial charge in [-0.15, -0.1) is 0 Å². The lowest BCUT2D eigenvalue weighted by atomic mass is 10.1. The number of rotatable bonds is 8. The van der Waals surface area contributed by atoms with Crippen molar-refractivity contribution in [2.75, 3.05) is 26.9 Å². The predicted octanol–water partition coefficient (Wildman–Crippen LogP) is 3.39. The lowest BCUT2D eigenvalue weighted by Gasteiger charge is -2.16. The Morgan fingerprint density at radius 3 is 2.79 bits per heavy atom. The molecular formula is C22H32N4O3. The number of aromatic nitrogens is 1. The molecule has 0 bridgehead atoms. The smallest absolute Gasteiger partial charge is 0.191 e. The number of guanidine groups is 1. The van der Waals surface area contributed by atoms with Gasteiger partial charge in [-0.3, -0.25) is 4.99 Å². The summed E-state index contributed by atoms with van der Waals surface area (Å²) in [6.07, 6.45) is 1.07. The molecule has 1 fully saturated rings. The molecule has 7 heteroatoms. The highest BCUT2D eigenvalue weighted by Gasteiger charge is 2.17. The molecule has 1 aromatic carbocycles. The quantitative estimate of drug-likeness (QED) is 0.522. The van der Waals surface area contributed by atoms with Crippen LogP contribution in [0.3, 0.4) is 0 Å². The minimum atomic E-state index is 0.348. The largest absolute Gasteiger partial charge is 0.493 e. The molecule has 1 aromatic heterocycles. The molecular weight excluding hydrogens is 368 g/mol. The molecule has 1 unspecified atom stereocenters. The van der Waals surface area contributed by atoms with Crippen LogP contribution in [-0.2, 0) is 17.8 Å². The van der Waals surface area contributed by atoms with Crippen LogP contribution >= 0.6 is 0 Å². The Morgan fingerprint density at radius 1 is 1.28 bits per heavy atom. The molecule has 0 amide bonds. The fourth-order valence-electron chi connectivity index (χ4n) is 3.12. The van der Waals surface area contributed by atoms with E-state index < -0.39 is 0 Å². The van der Waals surface area contributed by atoms with Crippen LogP contribution in [0.1, 0.15) is 48.8 Å². The monoisotopic (exact) mass is 400 g/mol. The van der Waals surface area contributed by atoms with Crippen molar-refractivity contribution in [3.05, 3.63) is 46.8 Å². The average molecular weight is 401 g/mol. The lowest BCUT2D eigenvalue weighted by Crippen LogP contribution is -2.36. The van der Waals surface area contributed by atoms with Crippen molar-refractivity contribution < 1.29 is 14.0 Å². The summed E-state index contributed by atoms with van der Waals surface area (Å²) in [7, 11) is 1.75. The van der Waals surface area contributed by atoms with E-state index in [0.717, 1.165) is 42.4 Å². The van der Waals surface area contributed by atoms with Crippen molar-refractivity contribution >= 4 is 5.96 Å². The molecule has 7 nitrogen and oxygen atoms in total. The summed E-state index contributed by atoms with van der Waals surface area (Å²) in [5.74, 6) is 3.22. The summed E-state index contributed by atoms with van der Waals surface area (Å²) in [5, 5.41) is 10.7. The first-order valence-corrected chi connectivity index (χ1v) is 10.2. The molecule has 1 atom stereocenters. The van der Waals surface area contributed by atoms with E-state index in [1.54, 1.807) is 7.05 Å². The van der Waals surface area contributed by atoms with Crippen molar-refractivity contribution in [1.82, 2.24) is 15.8 Å². The van der Waals surface area contributed by atoms with E-state index in [1.807, 2.05) is 6.07 Å². The number of nitrogens with one attached hydrogen (secondary N) is 2.